The van der Waals surface area contributed by atoms with Gasteiger partial charge in [0.1, 0.15) is 0 Å². The fraction of sp³-hybridized carbons (Fsp3) is 0.600. The fourth-order valence-electron chi connectivity index (χ4n) is 0.356. The van der Waals surface area contributed by atoms with E-state index in [2.05, 4.69) is 15.3 Å². The molecule has 0 fully saturated rings. The van der Waals surface area contributed by atoms with Crippen molar-refractivity contribution < 1.29 is 0 Å². The van der Waals surface area contributed by atoms with Crippen molar-refractivity contribution in [1.29, 1.82) is 0 Å². The Labute approximate surface area is 49.5 Å². The van der Waals surface area contributed by atoms with E-state index < -0.39 is 0 Å². The summed E-state index contributed by atoms with van der Waals surface area (Å²) in [5, 5.41) is 2.80. The lowest BCUT2D eigenvalue weighted by Crippen LogP contribution is -2.14. The lowest BCUT2D eigenvalue weighted by Gasteiger charge is -1.92. The van der Waals surface area contributed by atoms with Gasteiger partial charge in [0, 0.05) is 20.3 Å². The van der Waals surface area contributed by atoms with Gasteiger partial charge >= 0.3 is 0 Å². The average molecular weight is 113 g/mol. The topological polar surface area (TPSA) is 36.8 Å². The van der Waals surface area contributed by atoms with E-state index in [1.165, 1.54) is 0 Å². The van der Waals surface area contributed by atoms with Crippen LogP contribution in [0.25, 0.3) is 0 Å². The second kappa shape index (κ2) is 4.30. The first-order valence-corrected chi connectivity index (χ1v) is 2.48. The van der Waals surface area contributed by atoms with E-state index in [1.807, 2.05) is 6.92 Å². The molecule has 0 aromatic heterocycles. The summed E-state index contributed by atoms with van der Waals surface area (Å²) in [6.45, 7) is 1.85. The van der Waals surface area contributed by atoms with Crippen molar-refractivity contribution in [3.63, 3.8) is 0 Å². The summed E-state index contributed by atoms with van der Waals surface area (Å²) in [5.41, 5.74) is 0. The molecule has 3 nitrogen and oxygen atoms in total. The summed E-state index contributed by atoms with van der Waals surface area (Å²) < 4.78 is 0. The predicted molar refractivity (Wildman–Crippen MR) is 36.6 cm³/mol. The monoisotopic (exact) mass is 113 g/mol. The minimum absolute atomic E-state index is 0.660. The maximum atomic E-state index is 3.88. The molecule has 0 atom stereocenters. The molecule has 0 bridgehead atoms. The standard InChI is InChI=1S/C5H11N3/c1-4-8-5(6-2)7-3/h4H,1-3H3,(H,6,7). The van der Waals surface area contributed by atoms with Crippen LogP contribution in [0.3, 0.4) is 0 Å². The SMILES string of the molecule is CC=NC(=NC)NC. The first-order chi connectivity index (χ1) is 3.85. The van der Waals surface area contributed by atoms with Gasteiger partial charge in [-0.3, -0.25) is 4.99 Å². The molecule has 0 amide bonds. The van der Waals surface area contributed by atoms with E-state index in [4.69, 9.17) is 0 Å². The van der Waals surface area contributed by atoms with Crippen LogP contribution in [0.5, 0.6) is 0 Å². The number of hydrogen-bond donors (Lipinski definition) is 1. The number of nitrogens with one attached hydrogen (secondary N) is 1. The van der Waals surface area contributed by atoms with Crippen LogP contribution in [-0.4, -0.2) is 26.3 Å². The van der Waals surface area contributed by atoms with Crippen LogP contribution in [0.2, 0.25) is 0 Å². The summed E-state index contributed by atoms with van der Waals surface area (Å²) in [6, 6.07) is 0. The Morgan fingerprint density at radius 3 is 2.38 bits per heavy atom. The highest BCUT2D eigenvalue weighted by atomic mass is 15.1. The maximum Gasteiger partial charge on any atom is 0.217 e. The molecule has 0 aliphatic rings. The molecule has 3 heteroatoms. The predicted octanol–water partition coefficient (Wildman–Crippen LogP) is 0.282. The van der Waals surface area contributed by atoms with Gasteiger partial charge < -0.3 is 5.32 Å². The van der Waals surface area contributed by atoms with E-state index >= 15 is 0 Å². The molecular formula is C5H11N3. The van der Waals surface area contributed by atoms with Gasteiger partial charge in [0.15, 0.2) is 0 Å². The van der Waals surface area contributed by atoms with Crippen molar-refractivity contribution in [2.75, 3.05) is 14.1 Å². The van der Waals surface area contributed by atoms with Gasteiger partial charge in [-0.05, 0) is 6.92 Å². The van der Waals surface area contributed by atoms with Gasteiger partial charge in [-0.1, -0.05) is 0 Å². The lowest BCUT2D eigenvalue weighted by atomic mass is 10.8. The van der Waals surface area contributed by atoms with Crippen LogP contribution in [-0.2, 0) is 0 Å². The number of nitrogens with zero attached hydrogens (tertiary/aromatic N) is 2. The van der Waals surface area contributed by atoms with Crippen molar-refractivity contribution in [3.05, 3.63) is 0 Å². The molecular weight excluding hydrogens is 102 g/mol. The summed E-state index contributed by atoms with van der Waals surface area (Å²) in [7, 11) is 3.48. The van der Waals surface area contributed by atoms with Gasteiger partial charge in [-0.2, -0.15) is 0 Å². The Hall–Kier alpha value is -0.860. The van der Waals surface area contributed by atoms with Gasteiger partial charge in [-0.15, -0.1) is 0 Å². The Bertz CT molecular complexity index is 101. The molecule has 0 aliphatic carbocycles. The third-order valence-corrected chi connectivity index (χ3v) is 0.687. The third-order valence-electron chi connectivity index (χ3n) is 0.687. The highest BCUT2D eigenvalue weighted by Crippen LogP contribution is 1.68. The molecule has 0 heterocycles. The van der Waals surface area contributed by atoms with Crippen LogP contribution >= 0.6 is 0 Å². The van der Waals surface area contributed by atoms with E-state index in [9.17, 15) is 0 Å². The molecule has 0 radical (unpaired) electrons. The molecule has 46 valence electrons. The summed E-state index contributed by atoms with van der Waals surface area (Å²) in [5.74, 6) is 0.660. The first kappa shape index (κ1) is 7.14. The van der Waals surface area contributed by atoms with Crippen LogP contribution in [0.15, 0.2) is 9.98 Å². The Morgan fingerprint density at radius 1 is 1.62 bits per heavy atom. The van der Waals surface area contributed by atoms with Crippen LogP contribution in [0.4, 0.5) is 0 Å². The molecule has 0 aliphatic heterocycles. The molecule has 0 saturated carbocycles. The zero-order valence-corrected chi connectivity index (χ0v) is 5.47. The molecule has 0 saturated heterocycles. The van der Waals surface area contributed by atoms with Crippen molar-refractivity contribution in [3.8, 4) is 0 Å². The summed E-state index contributed by atoms with van der Waals surface area (Å²) >= 11 is 0. The number of rotatable bonds is 0. The zero-order valence-electron chi connectivity index (χ0n) is 5.47. The van der Waals surface area contributed by atoms with Crippen LogP contribution in [0, 0.1) is 0 Å². The minimum atomic E-state index is 0.660. The molecule has 8 heavy (non-hydrogen) atoms. The molecule has 0 rings (SSSR count). The third kappa shape index (κ3) is 2.34. The van der Waals surface area contributed by atoms with E-state index in [0.717, 1.165) is 0 Å². The Balaban J connectivity index is 3.72. The second-order valence-electron chi connectivity index (χ2n) is 1.18. The lowest BCUT2D eigenvalue weighted by molar-refractivity contribution is 1.12. The van der Waals surface area contributed by atoms with E-state index in [-0.39, 0.29) is 0 Å². The van der Waals surface area contributed by atoms with Gasteiger partial charge in [0.2, 0.25) is 5.96 Å². The summed E-state index contributed by atoms with van der Waals surface area (Å²) in [6.07, 6.45) is 1.69. The number of hydrogen-bond acceptors (Lipinski definition) is 1. The van der Waals surface area contributed by atoms with Crippen molar-refractivity contribution in [2.24, 2.45) is 9.98 Å². The summed E-state index contributed by atoms with van der Waals surface area (Å²) in [4.78, 5) is 7.68. The minimum Gasteiger partial charge on any atom is -0.358 e. The van der Waals surface area contributed by atoms with Crippen molar-refractivity contribution >= 4 is 12.2 Å². The van der Waals surface area contributed by atoms with E-state index in [0.29, 0.717) is 5.96 Å². The Kier molecular flexibility index (Phi) is 3.84. The van der Waals surface area contributed by atoms with Gasteiger partial charge in [0.05, 0.1) is 0 Å². The molecule has 0 aromatic carbocycles. The Morgan fingerprint density at radius 2 is 2.25 bits per heavy atom. The first-order valence-electron chi connectivity index (χ1n) is 2.48. The quantitative estimate of drug-likeness (QED) is 0.355. The van der Waals surface area contributed by atoms with Crippen LogP contribution in [0.1, 0.15) is 6.92 Å². The normalized spacial score (nSPS) is 12.6. The molecule has 1 N–H and O–H groups in total. The molecule has 0 spiro atoms. The molecule has 0 aromatic rings. The number of guanidine groups is 1. The number of aliphatic imine (C=N–C) groups is 2. The molecule has 0 unspecified atom stereocenters. The average Bonchev–Trinajstić information content (AvgIpc) is 1.83. The smallest absolute Gasteiger partial charge is 0.217 e. The fourth-order valence-corrected chi connectivity index (χ4v) is 0.356. The second-order valence-corrected chi connectivity index (χ2v) is 1.18. The maximum absolute atomic E-state index is 3.88. The van der Waals surface area contributed by atoms with Crippen molar-refractivity contribution in [2.45, 2.75) is 6.92 Å². The highest BCUT2D eigenvalue weighted by molar-refractivity contribution is 5.86. The van der Waals surface area contributed by atoms with E-state index in [1.54, 1.807) is 20.3 Å². The highest BCUT2D eigenvalue weighted by Gasteiger charge is 1.80. The largest absolute Gasteiger partial charge is 0.358 e. The van der Waals surface area contributed by atoms with Crippen LogP contribution < -0.4 is 5.32 Å². The zero-order chi connectivity index (χ0) is 6.41. The van der Waals surface area contributed by atoms with Gasteiger partial charge in [-0.25, -0.2) is 4.99 Å². The van der Waals surface area contributed by atoms with Gasteiger partial charge in [0.25, 0.3) is 0 Å². The van der Waals surface area contributed by atoms with Crippen molar-refractivity contribution in [1.82, 2.24) is 5.32 Å².